The van der Waals surface area contributed by atoms with Gasteiger partial charge in [-0.15, -0.1) is 11.3 Å². The summed E-state index contributed by atoms with van der Waals surface area (Å²) >= 11 is 0.400. The van der Waals surface area contributed by atoms with E-state index in [-0.39, 0.29) is 23.8 Å². The third-order valence-electron chi connectivity index (χ3n) is 9.34. The topological polar surface area (TPSA) is 85.8 Å². The van der Waals surface area contributed by atoms with Crippen LogP contribution in [-0.2, 0) is 11.3 Å². The van der Waals surface area contributed by atoms with Crippen LogP contribution in [0.25, 0.3) is 11.1 Å². The summed E-state index contributed by atoms with van der Waals surface area (Å²) in [4.78, 5) is 35.5. The first-order valence-corrected chi connectivity index (χ1v) is 22.6. The number of anilines is 2. The van der Waals surface area contributed by atoms with Crippen molar-refractivity contribution in [3.05, 3.63) is 94.7 Å². The molecule has 6 rings (SSSR count). The molecule has 1 aromatic heterocycles. The molecule has 3 aromatic carbocycles. The van der Waals surface area contributed by atoms with E-state index in [0.717, 1.165) is 41.9 Å². The summed E-state index contributed by atoms with van der Waals surface area (Å²) in [7, 11) is 0. The molecule has 1 unspecified atom stereocenters. The zero-order valence-electron chi connectivity index (χ0n) is 28.6. The van der Waals surface area contributed by atoms with E-state index in [2.05, 4.69) is 60.2 Å². The standard InChI is InChI=1S/C39H46FIN4O3S/c1-39(2,3)16-6-4-5-7-17-41-18-21-44(22-19-41)31-13-10-27(11-14-31)28-8-9-29-26-45(37(48)32(29)24-28)35(33-25-30(40)12-15-34(33)46)36(47)43-38-42-20-23-49-38/h8-15,20,23-25,35,46H,4-7,16-19,21-22,26H2,1-3H3,(H,42,43,47). The van der Waals surface area contributed by atoms with Gasteiger partial charge in [0.25, 0.3) is 5.91 Å². The van der Waals surface area contributed by atoms with Crippen LogP contribution < -0.4 is 10.2 Å². The second-order valence-electron chi connectivity index (χ2n) is 14.1. The van der Waals surface area contributed by atoms with Crippen molar-refractivity contribution in [2.75, 3.05) is 36.6 Å². The molecule has 49 heavy (non-hydrogen) atoms. The number of hydrogen-bond donors (Lipinski definition) is 2. The maximum atomic E-state index is 14.3. The van der Waals surface area contributed by atoms with Gasteiger partial charge in [0, 0.05) is 17.1 Å². The number of rotatable bonds is 12. The molecule has 4 aromatic rings. The molecule has 0 spiro atoms. The summed E-state index contributed by atoms with van der Waals surface area (Å²) < 4.78 is 18.6. The molecule has 260 valence electrons. The fourth-order valence-corrected chi connectivity index (χ4v) is 12.9. The molecule has 0 bridgehead atoms. The predicted octanol–water partition coefficient (Wildman–Crippen LogP) is 9.31. The number of nitrogens with one attached hydrogen (secondary N) is 1. The average Bonchev–Trinajstić information content (AvgIpc) is 3.71. The Labute approximate surface area is 300 Å². The number of carbonyl (C=O) groups is 2. The second-order valence-corrected chi connectivity index (χ2v) is 21.5. The summed E-state index contributed by atoms with van der Waals surface area (Å²) in [5.41, 5.74) is 4.90. The van der Waals surface area contributed by atoms with E-state index in [9.17, 15) is 19.1 Å². The Kier molecular flexibility index (Phi) is 11.2. The molecule has 1 atom stereocenters. The molecule has 2 N–H and O–H groups in total. The molecule has 7 nitrogen and oxygen atoms in total. The van der Waals surface area contributed by atoms with Gasteiger partial charge in [-0.05, 0) is 18.2 Å². The van der Waals surface area contributed by atoms with Gasteiger partial charge in [-0.3, -0.25) is 10.1 Å². The van der Waals surface area contributed by atoms with E-state index >= 15 is 0 Å². The Hall–Kier alpha value is -3.51. The number of fused-ring (bicyclic) bond motifs is 1. The summed E-state index contributed by atoms with van der Waals surface area (Å²) in [5, 5.41) is 15.4. The van der Waals surface area contributed by atoms with E-state index < -0.39 is 37.6 Å². The Balaban J connectivity index is 1.09. The number of carbonyl (C=O) groups excluding carboxylic acids is 2. The number of aromatic hydroxyl groups is 1. The SMILES string of the molecule is CC(C)(C)CCCCCCI1CCN(c2ccc(-c3ccc4c(c3)C(=O)N(C(C(=O)Nc3nccs3)c3cc(F)ccc3O)C4)cc2)CC1. The summed E-state index contributed by atoms with van der Waals surface area (Å²) in [5.74, 6) is -1.81. The van der Waals surface area contributed by atoms with Crippen molar-refractivity contribution in [3.63, 3.8) is 0 Å². The molecule has 3 heterocycles. The van der Waals surface area contributed by atoms with Crippen LogP contribution in [0.1, 0.15) is 80.4 Å². The summed E-state index contributed by atoms with van der Waals surface area (Å²) in [6.45, 7) is 9.45. The second kappa shape index (κ2) is 15.6. The summed E-state index contributed by atoms with van der Waals surface area (Å²) in [6.07, 6.45) is 8.42. The zero-order chi connectivity index (χ0) is 34.5. The van der Waals surface area contributed by atoms with Gasteiger partial charge in [0.2, 0.25) is 0 Å². The van der Waals surface area contributed by atoms with Crippen LogP contribution >= 0.6 is 31.2 Å². The van der Waals surface area contributed by atoms with Crippen LogP contribution in [0.2, 0.25) is 0 Å². The van der Waals surface area contributed by atoms with E-state index in [1.54, 1.807) is 11.6 Å². The number of alkyl halides is 3. The molecule has 0 saturated carbocycles. The molecule has 1 saturated heterocycles. The zero-order valence-corrected chi connectivity index (χ0v) is 31.5. The molecule has 0 aliphatic carbocycles. The van der Waals surface area contributed by atoms with Crippen molar-refractivity contribution in [1.82, 2.24) is 9.88 Å². The Morgan fingerprint density at radius 1 is 1.00 bits per heavy atom. The number of unbranched alkanes of at least 4 members (excludes halogenated alkanes) is 3. The average molecular weight is 797 g/mol. The van der Waals surface area contributed by atoms with Gasteiger partial charge < -0.3 is 5.11 Å². The first-order valence-electron chi connectivity index (χ1n) is 17.1. The quantitative estimate of drug-likeness (QED) is 0.0849. The third kappa shape index (κ3) is 8.81. The molecule has 1 fully saturated rings. The number of phenolic OH excluding ortho intramolecular Hbond substituents is 1. The van der Waals surface area contributed by atoms with Gasteiger partial charge >= 0.3 is 202 Å². The normalized spacial score (nSPS) is 16.2. The van der Waals surface area contributed by atoms with Crippen molar-refractivity contribution >= 4 is 53.8 Å². The number of halogens is 2. The first-order chi connectivity index (χ1) is 23.6. The van der Waals surface area contributed by atoms with E-state index in [1.165, 1.54) is 73.4 Å². The minimum absolute atomic E-state index is 0.0182. The van der Waals surface area contributed by atoms with Crippen LogP contribution in [0.3, 0.4) is 0 Å². The van der Waals surface area contributed by atoms with Gasteiger partial charge in [-0.1, -0.05) is 0 Å². The van der Waals surface area contributed by atoms with E-state index in [0.29, 0.717) is 16.1 Å². The number of phenols is 1. The van der Waals surface area contributed by atoms with Crippen LogP contribution in [0.4, 0.5) is 15.2 Å². The Morgan fingerprint density at radius 3 is 2.45 bits per heavy atom. The minimum atomic E-state index is -1.26. The number of amides is 2. The molecular weight excluding hydrogens is 750 g/mol. The Morgan fingerprint density at radius 2 is 1.73 bits per heavy atom. The van der Waals surface area contributed by atoms with Gasteiger partial charge in [0.1, 0.15) is 17.6 Å². The summed E-state index contributed by atoms with van der Waals surface area (Å²) in [6, 6.07) is 16.5. The van der Waals surface area contributed by atoms with Crippen molar-refractivity contribution in [2.24, 2.45) is 5.41 Å². The van der Waals surface area contributed by atoms with Crippen molar-refractivity contribution < 1.29 is 19.1 Å². The van der Waals surface area contributed by atoms with Gasteiger partial charge in [-0.25, -0.2) is 9.37 Å². The first kappa shape index (κ1) is 35.3. The van der Waals surface area contributed by atoms with Crippen LogP contribution in [0.15, 0.2) is 72.2 Å². The fourth-order valence-electron chi connectivity index (χ4n) is 6.62. The third-order valence-corrected chi connectivity index (χ3v) is 16.3. The van der Waals surface area contributed by atoms with Crippen molar-refractivity contribution in [2.45, 2.75) is 65.5 Å². The Bertz CT molecular complexity index is 1750. The number of benzene rings is 3. The van der Waals surface area contributed by atoms with Gasteiger partial charge in [0.15, 0.2) is 5.13 Å². The van der Waals surface area contributed by atoms with Crippen molar-refractivity contribution in [3.8, 4) is 16.9 Å². The molecule has 10 heteroatoms. The molecule has 2 aliphatic heterocycles. The van der Waals surface area contributed by atoms with Crippen LogP contribution in [-0.4, -0.2) is 53.2 Å². The fraction of sp³-hybridized carbons (Fsp3) is 0.410. The van der Waals surface area contributed by atoms with Gasteiger partial charge in [-0.2, -0.15) is 0 Å². The molecule has 2 aliphatic rings. The molecule has 0 radical (unpaired) electrons. The molecular formula is C39H46FIN4O3S. The number of thiazole rings is 1. The van der Waals surface area contributed by atoms with Crippen LogP contribution in [0, 0.1) is 11.2 Å². The number of aromatic nitrogens is 1. The van der Waals surface area contributed by atoms with Crippen molar-refractivity contribution in [1.29, 1.82) is 0 Å². The predicted molar refractivity (Wildman–Crippen MR) is 207 cm³/mol. The number of hydrogen-bond acceptors (Lipinski definition) is 6. The molecule has 2 amide bonds. The van der Waals surface area contributed by atoms with E-state index in [1.807, 2.05) is 18.2 Å². The van der Waals surface area contributed by atoms with E-state index in [4.69, 9.17) is 0 Å². The van der Waals surface area contributed by atoms with Gasteiger partial charge in [0.05, 0.1) is 0 Å². The number of nitrogens with zero attached hydrogens (tertiary/aromatic N) is 3. The maximum absolute atomic E-state index is 14.3. The monoisotopic (exact) mass is 796 g/mol. The van der Waals surface area contributed by atoms with Crippen LogP contribution in [0.5, 0.6) is 5.75 Å².